The lowest BCUT2D eigenvalue weighted by atomic mass is 10.0. The van der Waals surface area contributed by atoms with Gasteiger partial charge in [0, 0.05) is 6.42 Å². The van der Waals surface area contributed by atoms with Gasteiger partial charge in [-0.05, 0) is 70.6 Å². The van der Waals surface area contributed by atoms with Gasteiger partial charge >= 0.3 is 5.97 Å². The van der Waals surface area contributed by atoms with Crippen LogP contribution >= 0.6 is 0 Å². The molecule has 6 heteroatoms. The summed E-state index contributed by atoms with van der Waals surface area (Å²) in [5.74, 6) is -0.565. The fraction of sp³-hybridized carbons (Fsp3) is 0.843. The molecule has 0 radical (unpaired) electrons. The number of carbonyl (C=O) groups excluding carboxylic acids is 2. The summed E-state index contributed by atoms with van der Waals surface area (Å²) in [6, 6.07) is -0.713. The SMILES string of the molecule is CCCCCCCC/C=C\C/C=C/CCC(=O)OC(CCCCC/C=C/CCCCCCCCCCC)CC(=O)NC(CO)C(O)CCCCCCCCCCC. The molecule has 0 rings (SSSR count). The van der Waals surface area contributed by atoms with E-state index < -0.39 is 18.2 Å². The number of rotatable bonds is 44. The Morgan fingerprint density at radius 2 is 0.895 bits per heavy atom. The van der Waals surface area contributed by atoms with Crippen molar-refractivity contribution >= 4 is 11.9 Å². The first-order valence-corrected chi connectivity index (χ1v) is 24.7. The normalized spacial score (nSPS) is 13.6. The van der Waals surface area contributed by atoms with Gasteiger partial charge < -0.3 is 20.3 Å². The summed E-state index contributed by atoms with van der Waals surface area (Å²) in [6.45, 7) is 6.44. The summed E-state index contributed by atoms with van der Waals surface area (Å²) in [5, 5.41) is 23.6. The second kappa shape index (κ2) is 45.2. The van der Waals surface area contributed by atoms with Crippen LogP contribution in [0.4, 0.5) is 0 Å². The molecule has 0 saturated carbocycles. The van der Waals surface area contributed by atoms with Crippen LogP contribution in [0.3, 0.4) is 0 Å². The van der Waals surface area contributed by atoms with Crippen molar-refractivity contribution in [1.29, 1.82) is 0 Å². The zero-order valence-corrected chi connectivity index (χ0v) is 38.0. The van der Waals surface area contributed by atoms with Crippen molar-refractivity contribution in [1.82, 2.24) is 5.32 Å². The van der Waals surface area contributed by atoms with Crippen LogP contribution in [-0.4, -0.2) is 46.9 Å². The van der Waals surface area contributed by atoms with Crippen molar-refractivity contribution in [3.8, 4) is 0 Å². The molecule has 0 saturated heterocycles. The van der Waals surface area contributed by atoms with Crippen molar-refractivity contribution in [2.24, 2.45) is 0 Å². The lowest BCUT2D eigenvalue weighted by Crippen LogP contribution is -2.46. The standard InChI is InChI=1S/C51H95NO5/c1-4-7-10-13-16-19-21-23-24-25-27-28-31-33-36-39-42-47(57-51(56)44-41-38-35-32-29-26-22-20-17-14-11-8-5-2)45-50(55)52-48(46-53)49(54)43-40-37-34-30-18-15-12-9-6-3/h26-29,35,38,47-49,53-54H,4-25,30-34,36-37,39-46H2,1-3H3,(H,52,55)/b28-27+,29-26-,38-35+. The van der Waals surface area contributed by atoms with E-state index in [0.29, 0.717) is 19.3 Å². The number of unbranched alkanes of at least 4 members (excludes halogenated alkanes) is 26. The van der Waals surface area contributed by atoms with Crippen molar-refractivity contribution < 1.29 is 24.5 Å². The molecule has 0 aliphatic heterocycles. The predicted octanol–water partition coefficient (Wildman–Crippen LogP) is 14.5. The van der Waals surface area contributed by atoms with Gasteiger partial charge in [-0.3, -0.25) is 9.59 Å². The third-order valence-electron chi connectivity index (χ3n) is 11.2. The third kappa shape index (κ3) is 40.6. The van der Waals surface area contributed by atoms with Crippen molar-refractivity contribution in [2.75, 3.05) is 6.61 Å². The summed E-state index contributed by atoms with van der Waals surface area (Å²) in [4.78, 5) is 26.0. The zero-order chi connectivity index (χ0) is 41.7. The molecule has 0 aliphatic rings. The molecule has 6 nitrogen and oxygen atoms in total. The van der Waals surface area contributed by atoms with Crippen LogP contribution in [0.25, 0.3) is 0 Å². The van der Waals surface area contributed by atoms with Crippen LogP contribution < -0.4 is 5.32 Å². The summed E-state index contributed by atoms with van der Waals surface area (Å²) in [7, 11) is 0. The highest BCUT2D eigenvalue weighted by Crippen LogP contribution is 2.17. The number of esters is 1. The van der Waals surface area contributed by atoms with Crippen molar-refractivity contribution in [3.05, 3.63) is 36.5 Å². The van der Waals surface area contributed by atoms with Crippen LogP contribution in [0.15, 0.2) is 36.5 Å². The third-order valence-corrected chi connectivity index (χ3v) is 11.2. The van der Waals surface area contributed by atoms with E-state index in [1.165, 1.54) is 135 Å². The molecule has 0 aromatic heterocycles. The Labute approximate surface area is 353 Å². The van der Waals surface area contributed by atoms with E-state index in [4.69, 9.17) is 4.74 Å². The zero-order valence-electron chi connectivity index (χ0n) is 38.0. The summed E-state index contributed by atoms with van der Waals surface area (Å²) in [6.07, 6.45) is 52.2. The number of allylic oxidation sites excluding steroid dienone is 6. The molecule has 0 aromatic rings. The number of carbonyl (C=O) groups is 2. The summed E-state index contributed by atoms with van der Waals surface area (Å²) >= 11 is 0. The smallest absolute Gasteiger partial charge is 0.306 e. The second-order valence-electron chi connectivity index (χ2n) is 16.9. The average molecular weight is 802 g/mol. The molecule has 334 valence electrons. The van der Waals surface area contributed by atoms with Crippen LogP contribution in [0, 0.1) is 0 Å². The molecule has 3 N–H and O–H groups in total. The minimum Gasteiger partial charge on any atom is -0.462 e. The lowest BCUT2D eigenvalue weighted by Gasteiger charge is -2.24. The summed E-state index contributed by atoms with van der Waals surface area (Å²) < 4.78 is 5.87. The maximum absolute atomic E-state index is 13.1. The number of hydrogen-bond acceptors (Lipinski definition) is 5. The van der Waals surface area contributed by atoms with E-state index in [1.54, 1.807) is 0 Å². The first kappa shape index (κ1) is 55.1. The number of nitrogens with one attached hydrogen (secondary N) is 1. The monoisotopic (exact) mass is 802 g/mol. The minimum absolute atomic E-state index is 0.0465. The minimum atomic E-state index is -0.796. The molecule has 0 fully saturated rings. The molecule has 0 aliphatic carbocycles. The Hall–Kier alpha value is -1.92. The molecular formula is C51H95NO5. The molecule has 0 spiro atoms. The molecule has 3 unspecified atom stereocenters. The first-order chi connectivity index (χ1) is 28.0. The van der Waals surface area contributed by atoms with E-state index >= 15 is 0 Å². The number of amides is 1. The lowest BCUT2D eigenvalue weighted by molar-refractivity contribution is -0.150. The quantitative estimate of drug-likeness (QED) is 0.0324. The fourth-order valence-electron chi connectivity index (χ4n) is 7.42. The largest absolute Gasteiger partial charge is 0.462 e. The first-order valence-electron chi connectivity index (χ1n) is 24.7. The van der Waals surface area contributed by atoms with Crippen LogP contribution in [0.5, 0.6) is 0 Å². The van der Waals surface area contributed by atoms with Gasteiger partial charge in [0.2, 0.25) is 5.91 Å². The topological polar surface area (TPSA) is 95.9 Å². The van der Waals surface area contributed by atoms with Gasteiger partial charge in [-0.2, -0.15) is 0 Å². The molecule has 1 amide bonds. The summed E-state index contributed by atoms with van der Waals surface area (Å²) in [5.41, 5.74) is 0. The van der Waals surface area contributed by atoms with E-state index in [-0.39, 0.29) is 31.3 Å². The molecular weight excluding hydrogens is 707 g/mol. The van der Waals surface area contributed by atoms with Gasteiger partial charge in [0.05, 0.1) is 25.2 Å². The Kier molecular flexibility index (Phi) is 43.6. The highest BCUT2D eigenvalue weighted by molar-refractivity contribution is 5.77. The fourth-order valence-corrected chi connectivity index (χ4v) is 7.42. The van der Waals surface area contributed by atoms with Gasteiger partial charge in [0.1, 0.15) is 6.10 Å². The Balaban J connectivity index is 4.67. The van der Waals surface area contributed by atoms with Crippen LogP contribution in [-0.2, 0) is 14.3 Å². The van der Waals surface area contributed by atoms with E-state index in [2.05, 4.69) is 56.5 Å². The van der Waals surface area contributed by atoms with Gasteiger partial charge in [-0.25, -0.2) is 0 Å². The predicted molar refractivity (Wildman–Crippen MR) is 246 cm³/mol. The average Bonchev–Trinajstić information content (AvgIpc) is 3.20. The second-order valence-corrected chi connectivity index (χ2v) is 16.9. The van der Waals surface area contributed by atoms with Gasteiger partial charge in [0.25, 0.3) is 0 Å². The van der Waals surface area contributed by atoms with E-state index in [0.717, 1.165) is 64.2 Å². The maximum Gasteiger partial charge on any atom is 0.306 e. The molecule has 0 bridgehead atoms. The van der Waals surface area contributed by atoms with Crippen molar-refractivity contribution in [3.63, 3.8) is 0 Å². The number of hydrogen-bond donors (Lipinski definition) is 3. The van der Waals surface area contributed by atoms with E-state index in [9.17, 15) is 19.8 Å². The van der Waals surface area contributed by atoms with Gasteiger partial charge in [-0.1, -0.05) is 205 Å². The van der Waals surface area contributed by atoms with Gasteiger partial charge in [-0.15, -0.1) is 0 Å². The number of ether oxygens (including phenoxy) is 1. The highest BCUT2D eigenvalue weighted by Gasteiger charge is 2.24. The van der Waals surface area contributed by atoms with Gasteiger partial charge in [0.15, 0.2) is 0 Å². The molecule has 57 heavy (non-hydrogen) atoms. The molecule has 0 heterocycles. The van der Waals surface area contributed by atoms with E-state index in [1.807, 2.05) is 6.08 Å². The number of aliphatic hydroxyl groups excluding tert-OH is 2. The Morgan fingerprint density at radius 1 is 0.509 bits per heavy atom. The Bertz CT molecular complexity index is 946. The maximum atomic E-state index is 13.1. The van der Waals surface area contributed by atoms with Crippen LogP contribution in [0.1, 0.15) is 252 Å². The number of aliphatic hydroxyl groups is 2. The van der Waals surface area contributed by atoms with Crippen LogP contribution in [0.2, 0.25) is 0 Å². The Morgan fingerprint density at radius 3 is 1.37 bits per heavy atom. The molecule has 3 atom stereocenters. The highest BCUT2D eigenvalue weighted by atomic mass is 16.5. The molecule has 0 aromatic carbocycles. The van der Waals surface area contributed by atoms with Crippen molar-refractivity contribution in [2.45, 2.75) is 270 Å².